The van der Waals surface area contributed by atoms with Crippen LogP contribution in [0.3, 0.4) is 0 Å². The number of benzene rings is 3. The fourth-order valence-electron chi connectivity index (χ4n) is 3.75. The molecular weight excluding hydrogens is 426 g/mol. The molecule has 1 aliphatic heterocycles. The number of halogens is 3. The Morgan fingerprint density at radius 2 is 1.58 bits per heavy atom. The molecule has 3 N–H and O–H groups in total. The molecule has 8 heteroatoms. The largest absolute Gasteiger partial charge is 0.507 e. The predicted molar refractivity (Wildman–Crippen MR) is 114 cm³/mol. The summed E-state index contributed by atoms with van der Waals surface area (Å²) in [4.78, 5) is 11.5. The highest BCUT2D eigenvalue weighted by Gasteiger charge is 2.40. The molecule has 0 aromatic heterocycles. The number of rotatable bonds is 5. The summed E-state index contributed by atoms with van der Waals surface area (Å²) < 4.78 is 32.3. The van der Waals surface area contributed by atoms with Gasteiger partial charge in [-0.05, 0) is 29.3 Å². The summed E-state index contributed by atoms with van der Waals surface area (Å²) in [5.74, 6) is -2.36. The van der Waals surface area contributed by atoms with Gasteiger partial charge in [0.1, 0.15) is 11.4 Å². The van der Waals surface area contributed by atoms with Gasteiger partial charge < -0.3 is 20.5 Å². The summed E-state index contributed by atoms with van der Waals surface area (Å²) in [5.41, 5.74) is 1.77. The first-order valence-corrected chi connectivity index (χ1v) is 9.86. The molecule has 31 heavy (non-hydrogen) atoms. The molecule has 3 aromatic rings. The van der Waals surface area contributed by atoms with E-state index in [2.05, 4.69) is 15.4 Å². The second-order valence-corrected chi connectivity index (χ2v) is 7.81. The van der Waals surface area contributed by atoms with Gasteiger partial charge in [0.05, 0.1) is 24.9 Å². The summed E-state index contributed by atoms with van der Waals surface area (Å²) in [6, 6.07) is 14.2. The molecule has 0 amide bonds. The van der Waals surface area contributed by atoms with E-state index in [0.29, 0.717) is 28.4 Å². The Morgan fingerprint density at radius 3 is 2.13 bits per heavy atom. The molecule has 0 radical (unpaired) electrons. The van der Waals surface area contributed by atoms with E-state index in [1.165, 1.54) is 13.2 Å². The lowest BCUT2D eigenvalue weighted by atomic mass is 9.91. The van der Waals surface area contributed by atoms with E-state index >= 15 is 0 Å². The molecule has 0 saturated carbocycles. The Kier molecular flexibility index (Phi) is 5.45. The third-order valence-corrected chi connectivity index (χ3v) is 5.48. The number of phenols is 1. The van der Waals surface area contributed by atoms with Crippen molar-refractivity contribution in [3.05, 3.63) is 87.9 Å². The maximum absolute atomic E-state index is 13.8. The van der Waals surface area contributed by atoms with E-state index in [0.717, 1.165) is 23.3 Å². The number of hydrogen-bond donors (Lipinski definition) is 3. The van der Waals surface area contributed by atoms with Crippen molar-refractivity contribution in [3.63, 3.8) is 0 Å². The van der Waals surface area contributed by atoms with Crippen LogP contribution in [0, 0.1) is 11.6 Å². The quantitative estimate of drug-likeness (QED) is 0.484. The smallest absolute Gasteiger partial charge is 0.309 e. The number of fused-ring (bicyclic) bond motifs is 1. The van der Waals surface area contributed by atoms with Gasteiger partial charge in [0, 0.05) is 29.1 Å². The van der Waals surface area contributed by atoms with Crippen molar-refractivity contribution >= 4 is 28.9 Å². The highest BCUT2D eigenvalue weighted by atomic mass is 35.5. The van der Waals surface area contributed by atoms with Crippen molar-refractivity contribution in [3.8, 4) is 5.75 Å². The van der Waals surface area contributed by atoms with Crippen LogP contribution >= 0.6 is 11.6 Å². The van der Waals surface area contributed by atoms with Crippen molar-refractivity contribution in [1.29, 1.82) is 0 Å². The monoisotopic (exact) mass is 444 g/mol. The van der Waals surface area contributed by atoms with Gasteiger partial charge in [-0.1, -0.05) is 35.9 Å². The molecule has 0 saturated heterocycles. The zero-order chi connectivity index (χ0) is 22.2. The molecule has 1 aliphatic rings. The maximum atomic E-state index is 13.8. The van der Waals surface area contributed by atoms with Crippen molar-refractivity contribution in [2.45, 2.75) is 18.5 Å². The zero-order valence-electron chi connectivity index (χ0n) is 16.5. The van der Waals surface area contributed by atoms with E-state index in [1.54, 1.807) is 12.1 Å². The van der Waals surface area contributed by atoms with Crippen molar-refractivity contribution in [1.82, 2.24) is 0 Å². The Balaban J connectivity index is 1.71. The lowest BCUT2D eigenvalue weighted by molar-refractivity contribution is -0.139. The average molecular weight is 445 g/mol. The molecule has 0 spiro atoms. The van der Waals surface area contributed by atoms with E-state index in [1.807, 2.05) is 24.3 Å². The molecule has 0 fully saturated rings. The van der Waals surface area contributed by atoms with Gasteiger partial charge >= 0.3 is 5.97 Å². The van der Waals surface area contributed by atoms with E-state index < -0.39 is 17.3 Å². The Bertz CT molecular complexity index is 1120. The third kappa shape index (κ3) is 4.14. The number of anilines is 2. The molecule has 160 valence electrons. The Hall–Kier alpha value is -3.32. The molecule has 5 nitrogen and oxygen atoms in total. The van der Waals surface area contributed by atoms with E-state index in [4.69, 9.17) is 11.6 Å². The third-order valence-electron chi connectivity index (χ3n) is 5.24. The molecule has 0 atom stereocenters. The maximum Gasteiger partial charge on any atom is 0.309 e. The Labute approximate surface area is 182 Å². The van der Waals surface area contributed by atoms with Gasteiger partial charge in [-0.3, -0.25) is 4.79 Å². The number of phenolic OH excluding ortho intramolecular Hbond substituents is 1. The second kappa shape index (κ2) is 8.07. The van der Waals surface area contributed by atoms with Crippen LogP contribution in [0.25, 0.3) is 0 Å². The van der Waals surface area contributed by atoms with Crippen LogP contribution in [0.4, 0.5) is 20.2 Å². The van der Waals surface area contributed by atoms with Crippen LogP contribution in [0.5, 0.6) is 5.75 Å². The second-order valence-electron chi connectivity index (χ2n) is 7.37. The van der Waals surface area contributed by atoms with Gasteiger partial charge in [0.15, 0.2) is 11.6 Å². The number of hydrogen-bond acceptors (Lipinski definition) is 5. The average Bonchev–Trinajstić information content (AvgIpc) is 3.07. The molecule has 0 aliphatic carbocycles. The van der Waals surface area contributed by atoms with Gasteiger partial charge in [0.2, 0.25) is 0 Å². The number of esters is 1. The van der Waals surface area contributed by atoms with Crippen LogP contribution in [0.15, 0.2) is 54.6 Å². The summed E-state index contributed by atoms with van der Waals surface area (Å²) in [6.07, 6.45) is 0.471. The predicted octanol–water partition coefficient (Wildman–Crippen LogP) is 4.97. The topological polar surface area (TPSA) is 70.6 Å². The van der Waals surface area contributed by atoms with Crippen molar-refractivity contribution < 1.29 is 23.4 Å². The molecular formula is C23H19ClF2N2O3. The number of carbonyl (C=O) groups excluding carboxylic acids is 1. The van der Waals surface area contributed by atoms with E-state index in [-0.39, 0.29) is 18.1 Å². The van der Waals surface area contributed by atoms with Crippen LogP contribution in [-0.4, -0.2) is 18.2 Å². The first-order chi connectivity index (χ1) is 14.8. The number of ether oxygens (including phenoxy) is 1. The number of carbonyl (C=O) groups is 1. The number of methoxy groups -OCH3 is 1. The van der Waals surface area contributed by atoms with E-state index in [9.17, 15) is 18.7 Å². The van der Waals surface area contributed by atoms with Gasteiger partial charge in [0.25, 0.3) is 0 Å². The van der Waals surface area contributed by atoms with Gasteiger partial charge in [-0.2, -0.15) is 0 Å². The van der Waals surface area contributed by atoms with Crippen molar-refractivity contribution in [2.75, 3.05) is 17.7 Å². The highest BCUT2D eigenvalue weighted by Crippen LogP contribution is 2.45. The first kappa shape index (κ1) is 20.9. The normalized spacial score (nSPS) is 13.8. The first-order valence-electron chi connectivity index (χ1n) is 9.49. The minimum Gasteiger partial charge on any atom is -0.507 e. The Morgan fingerprint density at radius 1 is 1.00 bits per heavy atom. The molecule has 3 aromatic carbocycles. The standard InChI is InChI=1S/C23H19ClF2N2O3/c1-31-22(30)8-13-2-4-14(5-3-13)12-23(16-7-6-15(24)9-21(16)29)27-19-10-17(25)18(26)11-20(19)28-23/h2-7,9-11,27-29H,8,12H2,1H3. The summed E-state index contributed by atoms with van der Waals surface area (Å²) in [7, 11) is 1.33. The number of aromatic hydroxyl groups is 1. The lowest BCUT2D eigenvalue weighted by Gasteiger charge is -2.32. The zero-order valence-corrected chi connectivity index (χ0v) is 17.3. The van der Waals surface area contributed by atoms with Gasteiger partial charge in [-0.15, -0.1) is 0 Å². The van der Waals surface area contributed by atoms with Crippen LogP contribution < -0.4 is 10.6 Å². The molecule has 4 rings (SSSR count). The molecule has 0 unspecified atom stereocenters. The number of nitrogens with one attached hydrogen (secondary N) is 2. The SMILES string of the molecule is COC(=O)Cc1ccc(CC2(c3ccc(Cl)cc3O)Nc3cc(F)c(F)cc3N2)cc1. The van der Waals surface area contributed by atoms with Gasteiger partial charge in [-0.25, -0.2) is 8.78 Å². The summed E-state index contributed by atoms with van der Waals surface area (Å²) >= 11 is 5.99. The highest BCUT2D eigenvalue weighted by molar-refractivity contribution is 6.30. The minimum atomic E-state index is -1.08. The molecule has 0 bridgehead atoms. The van der Waals surface area contributed by atoms with Crippen LogP contribution in [0.1, 0.15) is 16.7 Å². The van der Waals surface area contributed by atoms with Crippen molar-refractivity contribution in [2.24, 2.45) is 0 Å². The lowest BCUT2D eigenvalue weighted by Crippen LogP contribution is -2.41. The molecule has 1 heterocycles. The van der Waals surface area contributed by atoms with Crippen LogP contribution in [-0.2, 0) is 28.0 Å². The fraction of sp³-hybridized carbons (Fsp3) is 0.174. The summed E-state index contributed by atoms with van der Waals surface area (Å²) in [6.45, 7) is 0. The van der Waals surface area contributed by atoms with Crippen LogP contribution in [0.2, 0.25) is 5.02 Å². The fourth-order valence-corrected chi connectivity index (χ4v) is 3.92. The minimum absolute atomic E-state index is 0.0661. The summed E-state index contributed by atoms with van der Waals surface area (Å²) in [5, 5.41) is 17.4.